The summed E-state index contributed by atoms with van der Waals surface area (Å²) in [7, 11) is 0. The summed E-state index contributed by atoms with van der Waals surface area (Å²) < 4.78 is 5.54. The highest BCUT2D eigenvalue weighted by molar-refractivity contribution is 5.85. The van der Waals surface area contributed by atoms with Crippen LogP contribution >= 0.6 is 0 Å². The van der Waals surface area contributed by atoms with Gasteiger partial charge in [0.25, 0.3) is 0 Å². The Bertz CT molecular complexity index is 909. The van der Waals surface area contributed by atoms with E-state index in [1.165, 1.54) is 0 Å². The van der Waals surface area contributed by atoms with E-state index in [-0.39, 0.29) is 0 Å². The number of benzene rings is 1. The number of rotatable bonds is 7. The number of hydrogen-bond acceptors (Lipinski definition) is 6. The fraction of sp³-hybridized carbons (Fsp3) is 0.583. The van der Waals surface area contributed by atoms with Gasteiger partial charge in [0, 0.05) is 13.1 Å². The monoisotopic (exact) mass is 408 g/mol. The quantitative estimate of drug-likeness (QED) is 0.618. The summed E-state index contributed by atoms with van der Waals surface area (Å²) in [4.78, 5) is 24.7. The zero-order chi connectivity index (χ0) is 21.7. The Kier molecular flexibility index (Phi) is 7.25. The van der Waals surface area contributed by atoms with Gasteiger partial charge in [-0.15, -0.1) is 0 Å². The molecule has 0 aliphatic carbocycles. The van der Waals surface area contributed by atoms with Crippen molar-refractivity contribution < 1.29 is 9.53 Å². The normalized spacial score (nSPS) is 20.2. The van der Waals surface area contributed by atoms with E-state index in [9.17, 15) is 10.1 Å². The molecule has 1 aliphatic heterocycles. The van der Waals surface area contributed by atoms with Crippen molar-refractivity contribution in [1.29, 1.82) is 5.26 Å². The maximum absolute atomic E-state index is 12.9. The number of nitriles is 1. The summed E-state index contributed by atoms with van der Waals surface area (Å²) in [6, 6.07) is 9.73. The Labute approximate surface area is 179 Å². The molecular formula is C24H32N4O2. The molecule has 1 fully saturated rings. The molecule has 1 saturated heterocycles. The average Bonchev–Trinajstić information content (AvgIpc) is 2.73. The number of para-hydroxylation sites is 2. The first-order valence-corrected chi connectivity index (χ1v) is 11.0. The highest BCUT2D eigenvalue weighted by Crippen LogP contribution is 2.32. The summed E-state index contributed by atoms with van der Waals surface area (Å²) in [6.45, 7) is 10.6. The van der Waals surface area contributed by atoms with Crippen molar-refractivity contribution in [1.82, 2.24) is 9.97 Å². The molecule has 0 amide bonds. The smallest absolute Gasteiger partial charge is 0.329 e. The lowest BCUT2D eigenvalue weighted by Crippen LogP contribution is -2.40. The van der Waals surface area contributed by atoms with Crippen molar-refractivity contribution in [2.45, 2.75) is 52.9 Å². The third kappa shape index (κ3) is 4.89. The number of nitrogens with zero attached hydrogens (tertiary/aromatic N) is 4. The minimum absolute atomic E-state index is 0.305. The Morgan fingerprint density at radius 2 is 1.77 bits per heavy atom. The molecule has 6 nitrogen and oxygen atoms in total. The molecule has 1 aromatic heterocycles. The third-order valence-corrected chi connectivity index (χ3v) is 6.00. The summed E-state index contributed by atoms with van der Waals surface area (Å²) >= 11 is 0. The predicted octanol–water partition coefficient (Wildman–Crippen LogP) is 4.70. The van der Waals surface area contributed by atoms with Gasteiger partial charge in [0.1, 0.15) is 5.69 Å². The van der Waals surface area contributed by atoms with Crippen LogP contribution in [-0.2, 0) is 9.53 Å². The van der Waals surface area contributed by atoms with E-state index >= 15 is 0 Å². The molecule has 2 aromatic rings. The van der Waals surface area contributed by atoms with Crippen LogP contribution in [0.1, 0.15) is 58.6 Å². The predicted molar refractivity (Wildman–Crippen MR) is 118 cm³/mol. The van der Waals surface area contributed by atoms with Gasteiger partial charge < -0.3 is 9.64 Å². The molecule has 6 heteroatoms. The number of carbonyl (C=O) groups is 1. The van der Waals surface area contributed by atoms with E-state index in [1.54, 1.807) is 0 Å². The van der Waals surface area contributed by atoms with Crippen molar-refractivity contribution in [2.75, 3.05) is 24.6 Å². The van der Waals surface area contributed by atoms with E-state index in [2.05, 4.69) is 38.7 Å². The van der Waals surface area contributed by atoms with E-state index in [0.717, 1.165) is 37.9 Å². The zero-order valence-electron chi connectivity index (χ0n) is 18.5. The van der Waals surface area contributed by atoms with Gasteiger partial charge in [-0.2, -0.15) is 5.26 Å². The number of fused-ring (bicyclic) bond motifs is 1. The van der Waals surface area contributed by atoms with Crippen LogP contribution in [0.5, 0.6) is 0 Å². The van der Waals surface area contributed by atoms with Gasteiger partial charge >= 0.3 is 5.97 Å². The maximum atomic E-state index is 12.9. The van der Waals surface area contributed by atoms with Crippen LogP contribution in [0.15, 0.2) is 24.3 Å². The average molecular weight is 409 g/mol. The molecule has 0 radical (unpaired) electrons. The number of carbonyl (C=O) groups excluding carboxylic acids is 1. The molecule has 3 rings (SSSR count). The van der Waals surface area contributed by atoms with Crippen molar-refractivity contribution >= 4 is 22.8 Å². The fourth-order valence-corrected chi connectivity index (χ4v) is 4.30. The molecule has 0 spiro atoms. The van der Waals surface area contributed by atoms with Crippen LogP contribution in [-0.4, -0.2) is 35.6 Å². The fourth-order valence-electron chi connectivity index (χ4n) is 4.30. The number of ether oxygens (including phenoxy) is 1. The summed E-state index contributed by atoms with van der Waals surface area (Å²) in [5.74, 6) is 0.346. The molecule has 2 heterocycles. The molecule has 0 bridgehead atoms. The Morgan fingerprint density at radius 3 is 2.33 bits per heavy atom. The number of esters is 1. The lowest BCUT2D eigenvalue weighted by atomic mass is 9.91. The topological polar surface area (TPSA) is 79.1 Å². The van der Waals surface area contributed by atoms with Crippen LogP contribution in [0, 0.1) is 29.1 Å². The van der Waals surface area contributed by atoms with Crippen LogP contribution in [0.3, 0.4) is 0 Å². The van der Waals surface area contributed by atoms with Gasteiger partial charge in [-0.05, 0) is 36.3 Å². The second-order valence-corrected chi connectivity index (χ2v) is 8.65. The summed E-state index contributed by atoms with van der Waals surface area (Å²) in [5, 5.41) is 9.89. The van der Waals surface area contributed by atoms with Crippen LogP contribution in [0.25, 0.3) is 11.0 Å². The molecule has 30 heavy (non-hydrogen) atoms. The van der Waals surface area contributed by atoms with Crippen LogP contribution in [0.4, 0.5) is 5.82 Å². The van der Waals surface area contributed by atoms with Crippen molar-refractivity contribution in [3.63, 3.8) is 0 Å². The van der Waals surface area contributed by atoms with Crippen LogP contribution in [0.2, 0.25) is 0 Å². The number of aromatic nitrogens is 2. The summed E-state index contributed by atoms with van der Waals surface area (Å²) in [5.41, 5.74) is 1.86. The van der Waals surface area contributed by atoms with Crippen molar-refractivity contribution in [2.24, 2.45) is 17.8 Å². The molecule has 0 unspecified atom stereocenters. The number of piperidine rings is 1. The molecule has 0 N–H and O–H groups in total. The zero-order valence-corrected chi connectivity index (χ0v) is 18.5. The van der Waals surface area contributed by atoms with E-state index in [0.29, 0.717) is 41.4 Å². The number of anilines is 1. The minimum atomic E-state index is -1.08. The van der Waals surface area contributed by atoms with Gasteiger partial charge in [-0.1, -0.05) is 52.7 Å². The number of hydrogen-bond donors (Lipinski definition) is 0. The van der Waals surface area contributed by atoms with Gasteiger partial charge in [-0.25, -0.2) is 9.97 Å². The van der Waals surface area contributed by atoms with Crippen molar-refractivity contribution in [3.8, 4) is 6.07 Å². The SMILES string of the molecule is CCC(CC)COC(=O)[C@@H](C#N)c1nc2ccccc2nc1N1C[C@@H](C)C[C@H](C)C1. The largest absolute Gasteiger partial charge is 0.464 e. The first kappa shape index (κ1) is 22.0. The first-order chi connectivity index (χ1) is 14.5. The Balaban J connectivity index is 1.99. The molecule has 1 aromatic carbocycles. The summed E-state index contributed by atoms with van der Waals surface area (Å²) in [6.07, 6.45) is 3.03. The van der Waals surface area contributed by atoms with E-state index in [4.69, 9.17) is 14.7 Å². The third-order valence-electron chi connectivity index (χ3n) is 6.00. The lowest BCUT2D eigenvalue weighted by molar-refractivity contribution is -0.145. The second-order valence-electron chi connectivity index (χ2n) is 8.65. The van der Waals surface area contributed by atoms with Gasteiger partial charge in [0.2, 0.25) is 0 Å². The van der Waals surface area contributed by atoms with Gasteiger partial charge in [0.05, 0.1) is 23.7 Å². The maximum Gasteiger partial charge on any atom is 0.329 e. The van der Waals surface area contributed by atoms with Gasteiger partial charge in [-0.3, -0.25) is 4.79 Å². The van der Waals surface area contributed by atoms with Gasteiger partial charge in [0.15, 0.2) is 11.7 Å². The van der Waals surface area contributed by atoms with E-state index in [1.807, 2.05) is 24.3 Å². The first-order valence-electron chi connectivity index (χ1n) is 11.0. The molecule has 3 atom stereocenters. The Morgan fingerprint density at radius 1 is 1.17 bits per heavy atom. The van der Waals surface area contributed by atoms with E-state index < -0.39 is 11.9 Å². The molecule has 1 aliphatic rings. The van der Waals surface area contributed by atoms with Crippen molar-refractivity contribution in [3.05, 3.63) is 30.0 Å². The Hall–Kier alpha value is -2.68. The molecule has 160 valence electrons. The second kappa shape index (κ2) is 9.88. The minimum Gasteiger partial charge on any atom is -0.464 e. The highest BCUT2D eigenvalue weighted by atomic mass is 16.5. The highest BCUT2D eigenvalue weighted by Gasteiger charge is 2.32. The standard InChI is InChI=1S/C24H32N4O2/c1-5-18(6-2)15-30-24(29)19(12-25)22-23(28-13-16(3)11-17(4)14-28)27-21-10-8-7-9-20(21)26-22/h7-10,16-19H,5-6,11,13-15H2,1-4H3/t16-,17-,19-/m0/s1. The molecular weight excluding hydrogens is 376 g/mol. The molecule has 0 saturated carbocycles. The van der Waals surface area contributed by atoms with Crippen LogP contribution < -0.4 is 4.90 Å². The lowest BCUT2D eigenvalue weighted by Gasteiger charge is -2.36.